The van der Waals surface area contributed by atoms with Crippen molar-refractivity contribution in [2.24, 2.45) is 0 Å². The van der Waals surface area contributed by atoms with Crippen LogP contribution >= 0.6 is 23.2 Å². The second-order valence-corrected chi connectivity index (χ2v) is 4.98. The van der Waals surface area contributed by atoms with Crippen LogP contribution in [0.2, 0.25) is 10.0 Å². The highest BCUT2D eigenvalue weighted by Gasteiger charge is 2.10. The minimum absolute atomic E-state index is 0.212. The third-order valence-corrected chi connectivity index (χ3v) is 3.43. The fourth-order valence-electron chi connectivity index (χ4n) is 1.91. The SMILES string of the molecule is CCC(Nc1ccccc1Cl)c1cccc(Cl)c1. The summed E-state index contributed by atoms with van der Waals surface area (Å²) in [4.78, 5) is 0. The summed E-state index contributed by atoms with van der Waals surface area (Å²) in [6.07, 6.45) is 0.964. The van der Waals surface area contributed by atoms with Crippen molar-refractivity contribution in [3.63, 3.8) is 0 Å². The van der Waals surface area contributed by atoms with Gasteiger partial charge >= 0.3 is 0 Å². The lowest BCUT2D eigenvalue weighted by Crippen LogP contribution is -2.09. The lowest BCUT2D eigenvalue weighted by molar-refractivity contribution is 0.749. The van der Waals surface area contributed by atoms with Gasteiger partial charge in [-0.25, -0.2) is 0 Å². The molecule has 3 heteroatoms. The van der Waals surface area contributed by atoms with Crippen molar-refractivity contribution in [3.8, 4) is 0 Å². The molecule has 1 unspecified atom stereocenters. The zero-order valence-electron chi connectivity index (χ0n) is 10.2. The van der Waals surface area contributed by atoms with E-state index in [1.165, 1.54) is 5.56 Å². The van der Waals surface area contributed by atoms with Crippen LogP contribution in [-0.2, 0) is 0 Å². The predicted molar refractivity (Wildman–Crippen MR) is 79.6 cm³/mol. The largest absolute Gasteiger partial charge is 0.377 e. The van der Waals surface area contributed by atoms with Crippen LogP contribution in [0.25, 0.3) is 0 Å². The van der Waals surface area contributed by atoms with E-state index >= 15 is 0 Å². The molecule has 2 aromatic carbocycles. The second-order valence-electron chi connectivity index (χ2n) is 4.14. The highest BCUT2D eigenvalue weighted by Crippen LogP contribution is 2.28. The van der Waals surface area contributed by atoms with Crippen LogP contribution in [0.15, 0.2) is 48.5 Å². The number of hydrogen-bond donors (Lipinski definition) is 1. The van der Waals surface area contributed by atoms with E-state index in [1.807, 2.05) is 42.5 Å². The Morgan fingerprint density at radius 1 is 1.06 bits per heavy atom. The molecule has 1 nitrogen and oxygen atoms in total. The highest BCUT2D eigenvalue weighted by atomic mass is 35.5. The van der Waals surface area contributed by atoms with E-state index in [1.54, 1.807) is 0 Å². The summed E-state index contributed by atoms with van der Waals surface area (Å²) in [5, 5.41) is 4.94. The van der Waals surface area contributed by atoms with Crippen molar-refractivity contribution in [1.29, 1.82) is 0 Å². The molecule has 0 aromatic heterocycles. The number of rotatable bonds is 4. The molecule has 0 aliphatic heterocycles. The minimum atomic E-state index is 0.212. The van der Waals surface area contributed by atoms with Crippen LogP contribution in [0.3, 0.4) is 0 Å². The molecular formula is C15H15Cl2N. The average molecular weight is 280 g/mol. The molecule has 0 aliphatic carbocycles. The smallest absolute Gasteiger partial charge is 0.0637 e. The van der Waals surface area contributed by atoms with Crippen molar-refractivity contribution in [3.05, 3.63) is 64.1 Å². The number of para-hydroxylation sites is 1. The van der Waals surface area contributed by atoms with Gasteiger partial charge in [0.25, 0.3) is 0 Å². The lowest BCUT2D eigenvalue weighted by Gasteiger charge is -2.19. The summed E-state index contributed by atoms with van der Waals surface area (Å²) in [5.41, 5.74) is 2.12. The lowest BCUT2D eigenvalue weighted by atomic mass is 10.0. The first-order valence-corrected chi connectivity index (χ1v) is 6.73. The van der Waals surface area contributed by atoms with Gasteiger partial charge < -0.3 is 5.32 Å². The van der Waals surface area contributed by atoms with E-state index in [9.17, 15) is 0 Å². The number of halogens is 2. The third-order valence-electron chi connectivity index (χ3n) is 2.86. The van der Waals surface area contributed by atoms with Crippen molar-refractivity contribution in [1.82, 2.24) is 0 Å². The molecule has 18 heavy (non-hydrogen) atoms. The molecule has 0 spiro atoms. The number of nitrogens with one attached hydrogen (secondary N) is 1. The maximum atomic E-state index is 6.16. The van der Waals surface area contributed by atoms with Crippen molar-refractivity contribution < 1.29 is 0 Å². The first-order valence-electron chi connectivity index (χ1n) is 5.97. The number of anilines is 1. The van der Waals surface area contributed by atoms with Crippen LogP contribution in [0.1, 0.15) is 24.9 Å². The van der Waals surface area contributed by atoms with Gasteiger partial charge in [-0.05, 0) is 36.2 Å². The molecule has 0 bridgehead atoms. The molecule has 94 valence electrons. The van der Waals surface area contributed by atoms with Gasteiger partial charge in [0, 0.05) is 5.02 Å². The fourth-order valence-corrected chi connectivity index (χ4v) is 2.30. The van der Waals surface area contributed by atoms with Gasteiger partial charge in [-0.15, -0.1) is 0 Å². The van der Waals surface area contributed by atoms with Crippen molar-refractivity contribution in [2.75, 3.05) is 5.32 Å². The summed E-state index contributed by atoms with van der Waals surface area (Å²) in [5.74, 6) is 0. The average Bonchev–Trinajstić information content (AvgIpc) is 2.38. The van der Waals surface area contributed by atoms with Gasteiger partial charge in [0.05, 0.1) is 16.8 Å². The quantitative estimate of drug-likeness (QED) is 0.773. The molecule has 0 aliphatic rings. The van der Waals surface area contributed by atoms with Crippen LogP contribution in [0.4, 0.5) is 5.69 Å². The first kappa shape index (κ1) is 13.3. The summed E-state index contributed by atoms with van der Waals surface area (Å²) in [6, 6.07) is 15.9. The van der Waals surface area contributed by atoms with Gasteiger partial charge in [0.1, 0.15) is 0 Å². The number of benzene rings is 2. The normalized spacial score (nSPS) is 12.2. The molecule has 0 saturated carbocycles. The molecule has 1 N–H and O–H groups in total. The summed E-state index contributed by atoms with van der Waals surface area (Å²) >= 11 is 12.2. The Balaban J connectivity index is 2.23. The molecular weight excluding hydrogens is 265 g/mol. The van der Waals surface area contributed by atoms with Gasteiger partial charge in [0.2, 0.25) is 0 Å². The molecule has 0 heterocycles. The number of hydrogen-bond acceptors (Lipinski definition) is 1. The van der Waals surface area contributed by atoms with E-state index in [0.29, 0.717) is 0 Å². The maximum absolute atomic E-state index is 6.16. The molecule has 0 saturated heterocycles. The minimum Gasteiger partial charge on any atom is -0.377 e. The van der Waals surface area contributed by atoms with Crippen LogP contribution < -0.4 is 5.32 Å². The first-order chi connectivity index (χ1) is 8.70. The molecule has 2 rings (SSSR count). The van der Waals surface area contributed by atoms with E-state index in [2.05, 4.69) is 18.3 Å². The van der Waals surface area contributed by atoms with E-state index < -0.39 is 0 Å². The standard InChI is InChI=1S/C15H15Cl2N/c1-2-14(11-6-5-7-12(16)10-11)18-15-9-4-3-8-13(15)17/h3-10,14,18H,2H2,1H3. The molecule has 0 radical (unpaired) electrons. The monoisotopic (exact) mass is 279 g/mol. The Kier molecular flexibility index (Phi) is 4.51. The Morgan fingerprint density at radius 3 is 2.50 bits per heavy atom. The van der Waals surface area contributed by atoms with Gasteiger partial charge in [-0.1, -0.05) is 54.4 Å². The van der Waals surface area contributed by atoms with Gasteiger partial charge in [-0.2, -0.15) is 0 Å². The second kappa shape index (κ2) is 6.12. The Bertz CT molecular complexity index is 525. The highest BCUT2D eigenvalue weighted by molar-refractivity contribution is 6.33. The molecule has 0 fully saturated rings. The van der Waals surface area contributed by atoms with Crippen molar-refractivity contribution in [2.45, 2.75) is 19.4 Å². The Labute approximate surface area is 118 Å². The molecule has 2 aromatic rings. The Morgan fingerprint density at radius 2 is 1.83 bits per heavy atom. The fraction of sp³-hybridized carbons (Fsp3) is 0.200. The zero-order valence-corrected chi connectivity index (χ0v) is 11.7. The van der Waals surface area contributed by atoms with E-state index in [0.717, 1.165) is 22.2 Å². The topological polar surface area (TPSA) is 12.0 Å². The van der Waals surface area contributed by atoms with Gasteiger partial charge in [0.15, 0.2) is 0 Å². The van der Waals surface area contributed by atoms with Crippen LogP contribution in [0, 0.1) is 0 Å². The van der Waals surface area contributed by atoms with E-state index in [4.69, 9.17) is 23.2 Å². The zero-order chi connectivity index (χ0) is 13.0. The molecule has 1 atom stereocenters. The van der Waals surface area contributed by atoms with Crippen molar-refractivity contribution >= 4 is 28.9 Å². The summed E-state index contributed by atoms with van der Waals surface area (Å²) in [7, 11) is 0. The predicted octanol–water partition coefficient (Wildman–Crippen LogP) is 5.56. The van der Waals surface area contributed by atoms with Crippen LogP contribution in [0.5, 0.6) is 0 Å². The van der Waals surface area contributed by atoms with Gasteiger partial charge in [-0.3, -0.25) is 0 Å². The van der Waals surface area contributed by atoms with Crippen LogP contribution in [-0.4, -0.2) is 0 Å². The summed E-state index contributed by atoms with van der Waals surface area (Å²) in [6.45, 7) is 2.13. The summed E-state index contributed by atoms with van der Waals surface area (Å²) < 4.78 is 0. The van der Waals surface area contributed by atoms with E-state index in [-0.39, 0.29) is 6.04 Å². The maximum Gasteiger partial charge on any atom is 0.0637 e. The molecule has 0 amide bonds. The third kappa shape index (κ3) is 3.18. The Hall–Kier alpha value is -1.18.